The molecule has 98 valence electrons. The number of amides is 1. The minimum absolute atomic E-state index is 0.184. The highest BCUT2D eigenvalue weighted by Crippen LogP contribution is 2.55. The van der Waals surface area contributed by atoms with E-state index in [1.54, 1.807) is 0 Å². The van der Waals surface area contributed by atoms with E-state index in [-0.39, 0.29) is 17.7 Å². The van der Waals surface area contributed by atoms with E-state index in [1.807, 2.05) is 6.92 Å². The lowest BCUT2D eigenvalue weighted by Gasteiger charge is -2.17. The van der Waals surface area contributed by atoms with E-state index in [0.717, 1.165) is 6.42 Å². The molecule has 2 aliphatic carbocycles. The van der Waals surface area contributed by atoms with Crippen molar-refractivity contribution in [2.45, 2.75) is 52.1 Å². The van der Waals surface area contributed by atoms with E-state index in [2.05, 4.69) is 12.2 Å². The molecule has 0 radical (unpaired) electrons. The fourth-order valence-corrected chi connectivity index (χ4v) is 3.18. The number of aliphatic hydroxyl groups excluding tert-OH is 1. The van der Waals surface area contributed by atoms with Crippen molar-refractivity contribution in [3.05, 3.63) is 0 Å². The molecule has 2 rings (SSSR count). The molecule has 0 aliphatic heterocycles. The third-order valence-corrected chi connectivity index (χ3v) is 4.75. The van der Waals surface area contributed by atoms with Crippen molar-refractivity contribution < 1.29 is 9.90 Å². The largest absolute Gasteiger partial charge is 0.391 e. The second-order valence-electron chi connectivity index (χ2n) is 5.84. The minimum atomic E-state index is -0.398. The normalized spacial score (nSPS) is 34.6. The van der Waals surface area contributed by atoms with Gasteiger partial charge < -0.3 is 10.4 Å². The molecule has 3 heteroatoms. The Hall–Kier alpha value is -0.570. The topological polar surface area (TPSA) is 49.3 Å². The van der Waals surface area contributed by atoms with E-state index in [0.29, 0.717) is 18.4 Å². The maximum atomic E-state index is 12.0. The first-order valence-electron chi connectivity index (χ1n) is 7.11. The van der Waals surface area contributed by atoms with Crippen molar-refractivity contribution in [3.8, 4) is 0 Å². The van der Waals surface area contributed by atoms with E-state index in [9.17, 15) is 9.90 Å². The van der Waals surface area contributed by atoms with Crippen LogP contribution in [0.3, 0.4) is 0 Å². The zero-order valence-electron chi connectivity index (χ0n) is 11.0. The summed E-state index contributed by atoms with van der Waals surface area (Å²) in [5.41, 5.74) is 0. The number of rotatable bonds is 5. The maximum absolute atomic E-state index is 12.0. The number of aliphatic hydroxyl groups is 1. The predicted molar refractivity (Wildman–Crippen MR) is 67.4 cm³/mol. The number of nitrogens with one attached hydrogen (secondary N) is 1. The maximum Gasteiger partial charge on any atom is 0.223 e. The van der Waals surface area contributed by atoms with Gasteiger partial charge in [0.05, 0.1) is 6.10 Å². The smallest absolute Gasteiger partial charge is 0.223 e. The molecule has 4 atom stereocenters. The van der Waals surface area contributed by atoms with Gasteiger partial charge in [-0.15, -0.1) is 0 Å². The monoisotopic (exact) mass is 239 g/mol. The average molecular weight is 239 g/mol. The highest BCUT2D eigenvalue weighted by atomic mass is 16.3. The molecule has 2 aliphatic rings. The van der Waals surface area contributed by atoms with Crippen molar-refractivity contribution in [1.82, 2.24) is 5.32 Å². The first-order chi connectivity index (χ1) is 8.15. The summed E-state index contributed by atoms with van der Waals surface area (Å²) in [4.78, 5) is 12.0. The molecular formula is C14H25NO2. The Labute approximate surface area is 104 Å². The van der Waals surface area contributed by atoms with Crippen molar-refractivity contribution in [2.75, 3.05) is 6.54 Å². The Morgan fingerprint density at radius 3 is 2.47 bits per heavy atom. The summed E-state index contributed by atoms with van der Waals surface area (Å²) in [6.45, 7) is 4.50. The molecule has 0 bridgehead atoms. The number of carbonyl (C=O) groups excluding carboxylic acids is 1. The molecule has 0 heterocycles. The van der Waals surface area contributed by atoms with E-state index >= 15 is 0 Å². The van der Waals surface area contributed by atoms with Gasteiger partial charge in [-0.25, -0.2) is 0 Å². The van der Waals surface area contributed by atoms with Crippen LogP contribution in [0.25, 0.3) is 0 Å². The first kappa shape index (κ1) is 12.9. The van der Waals surface area contributed by atoms with Crippen molar-refractivity contribution in [3.63, 3.8) is 0 Å². The van der Waals surface area contributed by atoms with Crippen molar-refractivity contribution in [1.29, 1.82) is 0 Å². The summed E-state index contributed by atoms with van der Waals surface area (Å²) in [5.74, 6) is 2.02. The average Bonchev–Trinajstić information content (AvgIpc) is 3.08. The zero-order chi connectivity index (χ0) is 12.4. The molecular weight excluding hydrogens is 214 g/mol. The van der Waals surface area contributed by atoms with Crippen LogP contribution in [-0.2, 0) is 4.79 Å². The summed E-state index contributed by atoms with van der Waals surface area (Å²) in [6.07, 6.45) is 5.60. The van der Waals surface area contributed by atoms with Gasteiger partial charge in [0.25, 0.3) is 0 Å². The molecule has 17 heavy (non-hydrogen) atoms. The van der Waals surface area contributed by atoms with Crippen LogP contribution in [0.5, 0.6) is 0 Å². The lowest BCUT2D eigenvalue weighted by molar-refractivity contribution is -0.123. The number of hydrogen-bond donors (Lipinski definition) is 2. The molecule has 0 aromatic rings. The molecule has 0 saturated heterocycles. The Morgan fingerprint density at radius 2 is 1.94 bits per heavy atom. The number of fused-ring (bicyclic) bond motifs is 1. The summed E-state index contributed by atoms with van der Waals surface area (Å²) < 4.78 is 0. The van der Waals surface area contributed by atoms with Gasteiger partial charge in [-0.1, -0.05) is 33.1 Å². The van der Waals surface area contributed by atoms with Gasteiger partial charge in [0.1, 0.15) is 0 Å². The van der Waals surface area contributed by atoms with Crippen LogP contribution in [0.15, 0.2) is 0 Å². The lowest BCUT2D eigenvalue weighted by Crippen LogP contribution is -2.36. The second kappa shape index (κ2) is 5.38. The van der Waals surface area contributed by atoms with E-state index in [1.165, 1.54) is 25.7 Å². The van der Waals surface area contributed by atoms with Crippen LogP contribution in [0.4, 0.5) is 0 Å². The summed E-state index contributed by atoms with van der Waals surface area (Å²) in [5, 5.41) is 12.7. The van der Waals surface area contributed by atoms with Gasteiger partial charge in [-0.3, -0.25) is 4.79 Å². The molecule has 0 spiro atoms. The second-order valence-corrected chi connectivity index (χ2v) is 5.84. The quantitative estimate of drug-likeness (QED) is 0.770. The van der Waals surface area contributed by atoms with E-state index < -0.39 is 6.10 Å². The number of hydrogen-bond acceptors (Lipinski definition) is 2. The Morgan fingerprint density at radius 1 is 1.35 bits per heavy atom. The fourth-order valence-electron chi connectivity index (χ4n) is 3.18. The van der Waals surface area contributed by atoms with Gasteiger partial charge >= 0.3 is 0 Å². The summed E-state index contributed by atoms with van der Waals surface area (Å²) in [6, 6.07) is 0. The first-order valence-corrected chi connectivity index (χ1v) is 7.11. The Balaban J connectivity index is 1.71. The minimum Gasteiger partial charge on any atom is -0.391 e. The standard InChI is InChI=1S/C14H25NO2/c1-3-9(2)12(16)8-15-14(17)13-10-6-4-5-7-11(10)13/h9-13,16H,3-8H2,1-2H3,(H,15,17). The highest BCUT2D eigenvalue weighted by Gasteiger charge is 2.54. The number of carbonyl (C=O) groups is 1. The van der Waals surface area contributed by atoms with Gasteiger partial charge in [0.15, 0.2) is 0 Å². The molecule has 2 fully saturated rings. The third kappa shape index (κ3) is 2.82. The molecule has 2 saturated carbocycles. The SMILES string of the molecule is CCC(C)C(O)CNC(=O)C1C2CCCCC21. The fraction of sp³-hybridized carbons (Fsp3) is 0.929. The van der Waals surface area contributed by atoms with Gasteiger partial charge in [-0.05, 0) is 30.6 Å². The van der Waals surface area contributed by atoms with Crippen LogP contribution < -0.4 is 5.32 Å². The molecule has 3 nitrogen and oxygen atoms in total. The van der Waals surface area contributed by atoms with Gasteiger partial charge in [0, 0.05) is 12.5 Å². The summed E-state index contributed by atoms with van der Waals surface area (Å²) in [7, 11) is 0. The van der Waals surface area contributed by atoms with Crippen LogP contribution in [0.2, 0.25) is 0 Å². The Bertz CT molecular complexity index is 267. The third-order valence-electron chi connectivity index (χ3n) is 4.75. The Kier molecular flexibility index (Phi) is 4.08. The molecule has 0 aromatic carbocycles. The molecule has 1 amide bonds. The van der Waals surface area contributed by atoms with Crippen LogP contribution in [0.1, 0.15) is 46.0 Å². The van der Waals surface area contributed by atoms with Gasteiger partial charge in [-0.2, -0.15) is 0 Å². The molecule has 0 aromatic heterocycles. The molecule has 2 N–H and O–H groups in total. The van der Waals surface area contributed by atoms with Gasteiger partial charge in [0.2, 0.25) is 5.91 Å². The highest BCUT2D eigenvalue weighted by molar-refractivity contribution is 5.82. The predicted octanol–water partition coefficient (Wildman–Crippen LogP) is 1.95. The van der Waals surface area contributed by atoms with Crippen molar-refractivity contribution in [2.24, 2.45) is 23.7 Å². The van der Waals surface area contributed by atoms with Crippen LogP contribution in [-0.4, -0.2) is 23.7 Å². The van der Waals surface area contributed by atoms with Crippen LogP contribution >= 0.6 is 0 Å². The molecule has 4 unspecified atom stereocenters. The zero-order valence-corrected chi connectivity index (χ0v) is 11.0. The lowest BCUT2D eigenvalue weighted by atomic mass is 10.0. The van der Waals surface area contributed by atoms with E-state index in [4.69, 9.17) is 0 Å². The van der Waals surface area contributed by atoms with Crippen LogP contribution in [0, 0.1) is 23.7 Å². The summed E-state index contributed by atoms with van der Waals surface area (Å²) >= 11 is 0. The van der Waals surface area contributed by atoms with Crippen molar-refractivity contribution >= 4 is 5.91 Å².